The molecule has 150 valence electrons. The lowest BCUT2D eigenvalue weighted by molar-refractivity contribution is 0.0927. The van der Waals surface area contributed by atoms with Crippen LogP contribution in [0.2, 0.25) is 0 Å². The number of carbonyl (C=O) groups is 1. The maximum Gasteiger partial charge on any atom is 0.255 e. The van der Waals surface area contributed by atoms with Crippen LogP contribution in [0.3, 0.4) is 0 Å². The van der Waals surface area contributed by atoms with E-state index in [4.69, 9.17) is 0 Å². The average molecular weight is 399 g/mol. The van der Waals surface area contributed by atoms with E-state index in [0.29, 0.717) is 12.1 Å². The highest BCUT2D eigenvalue weighted by atomic mass is 32.2. The van der Waals surface area contributed by atoms with E-state index in [9.17, 15) is 4.79 Å². The smallest absolute Gasteiger partial charge is 0.255 e. The van der Waals surface area contributed by atoms with Crippen LogP contribution >= 0.6 is 11.8 Å². The number of thioether (sulfide) groups is 1. The minimum atomic E-state index is -0.0820. The highest BCUT2D eigenvalue weighted by Crippen LogP contribution is 2.23. The number of hydrogen-bond donors (Lipinski definition) is 1. The zero-order valence-corrected chi connectivity index (χ0v) is 18.3. The molecule has 0 saturated carbocycles. The van der Waals surface area contributed by atoms with Crippen molar-refractivity contribution in [3.8, 4) is 0 Å². The third kappa shape index (κ3) is 4.55. The van der Waals surface area contributed by atoms with Crippen molar-refractivity contribution in [3.63, 3.8) is 0 Å². The molecule has 1 atom stereocenters. The first-order chi connectivity index (χ1) is 13.4. The van der Waals surface area contributed by atoms with Crippen molar-refractivity contribution in [3.05, 3.63) is 52.5 Å². The van der Waals surface area contributed by atoms with E-state index >= 15 is 0 Å². The quantitative estimate of drug-likeness (QED) is 0.592. The van der Waals surface area contributed by atoms with Crippen molar-refractivity contribution < 1.29 is 4.79 Å². The lowest BCUT2D eigenvalue weighted by Gasteiger charge is -2.33. The Morgan fingerprint density at radius 3 is 2.61 bits per heavy atom. The Balaban J connectivity index is 1.66. The third-order valence-electron chi connectivity index (χ3n) is 5.35. The molecule has 1 aliphatic rings. The monoisotopic (exact) mass is 398 g/mol. The Morgan fingerprint density at radius 1 is 1.21 bits per heavy atom. The fraction of sp³-hybridized carbons (Fsp3) is 0.500. The van der Waals surface area contributed by atoms with Crippen LogP contribution in [-0.2, 0) is 13.0 Å². The number of hydrogen-bond acceptors (Lipinski definition) is 5. The van der Waals surface area contributed by atoms with Gasteiger partial charge in [0.15, 0.2) is 0 Å². The number of aryl methyl sites for hydroxylation is 1. The van der Waals surface area contributed by atoms with E-state index in [1.807, 2.05) is 13.2 Å². The van der Waals surface area contributed by atoms with Crippen molar-refractivity contribution in [2.75, 3.05) is 19.3 Å². The first-order valence-corrected chi connectivity index (χ1v) is 11.1. The van der Waals surface area contributed by atoms with E-state index in [0.717, 1.165) is 36.1 Å². The van der Waals surface area contributed by atoms with Crippen LogP contribution in [0.1, 0.15) is 59.7 Å². The fourth-order valence-corrected chi connectivity index (χ4v) is 4.22. The lowest BCUT2D eigenvalue weighted by Crippen LogP contribution is -2.44. The molecule has 1 aliphatic heterocycles. The molecule has 0 fully saturated rings. The van der Waals surface area contributed by atoms with Crippen molar-refractivity contribution in [1.82, 2.24) is 20.2 Å². The summed E-state index contributed by atoms with van der Waals surface area (Å²) in [5.74, 6) is 0.948. The van der Waals surface area contributed by atoms with Gasteiger partial charge >= 0.3 is 0 Å². The number of rotatable bonds is 6. The van der Waals surface area contributed by atoms with E-state index in [1.54, 1.807) is 0 Å². The van der Waals surface area contributed by atoms with Crippen molar-refractivity contribution >= 4 is 17.7 Å². The molecule has 2 heterocycles. The molecule has 0 saturated heterocycles. The minimum Gasteiger partial charge on any atom is -0.350 e. The van der Waals surface area contributed by atoms with Crippen LogP contribution < -0.4 is 5.32 Å². The maximum atomic E-state index is 12.9. The zero-order chi connectivity index (χ0) is 20.3. The molecule has 28 heavy (non-hydrogen) atoms. The van der Waals surface area contributed by atoms with Gasteiger partial charge in [-0.15, -0.1) is 11.8 Å². The van der Waals surface area contributed by atoms with Crippen LogP contribution in [0.15, 0.2) is 29.3 Å². The summed E-state index contributed by atoms with van der Waals surface area (Å²) in [6.45, 7) is 10.8. The van der Waals surface area contributed by atoms with Crippen LogP contribution in [0.4, 0.5) is 0 Å². The summed E-state index contributed by atoms with van der Waals surface area (Å²) in [4.78, 5) is 24.5. The van der Waals surface area contributed by atoms with E-state index in [-0.39, 0.29) is 17.9 Å². The van der Waals surface area contributed by atoms with Gasteiger partial charge < -0.3 is 5.32 Å². The summed E-state index contributed by atoms with van der Waals surface area (Å²) in [7, 11) is 0. The number of benzene rings is 1. The normalized spacial score (nSPS) is 15.4. The summed E-state index contributed by atoms with van der Waals surface area (Å²) in [5.41, 5.74) is 4.19. The molecule has 1 aromatic carbocycles. The lowest BCUT2D eigenvalue weighted by atomic mass is 9.99. The Morgan fingerprint density at radius 2 is 1.93 bits per heavy atom. The molecular weight excluding hydrogens is 368 g/mol. The van der Waals surface area contributed by atoms with Gasteiger partial charge in [0.2, 0.25) is 0 Å². The zero-order valence-electron chi connectivity index (χ0n) is 17.5. The van der Waals surface area contributed by atoms with Crippen LogP contribution in [0.25, 0.3) is 0 Å². The Bertz CT molecular complexity index is 852. The SMILES string of the molecule is CSc1nc(C(C)C)nc(C)c1C(=O)NCC(C)N1CCc2ccccc2C1. The average Bonchev–Trinajstić information content (AvgIpc) is 2.70. The second kappa shape index (κ2) is 9.05. The number of nitrogens with one attached hydrogen (secondary N) is 1. The standard InChI is InChI=1S/C22H30N4OS/c1-14(2)20-24-16(4)19(22(25-20)28-5)21(27)23-12-15(3)26-11-10-17-8-6-7-9-18(17)13-26/h6-9,14-15H,10-13H2,1-5H3,(H,23,27). The van der Waals surface area contributed by atoms with E-state index in [2.05, 4.69) is 65.2 Å². The number of nitrogens with zero attached hydrogens (tertiary/aromatic N) is 3. The molecule has 2 aromatic rings. The van der Waals surface area contributed by atoms with Crippen molar-refractivity contribution in [1.29, 1.82) is 0 Å². The van der Waals surface area contributed by atoms with Gasteiger partial charge in [-0.2, -0.15) is 0 Å². The van der Waals surface area contributed by atoms with Crippen molar-refractivity contribution in [2.24, 2.45) is 0 Å². The maximum absolute atomic E-state index is 12.9. The first kappa shape index (κ1) is 20.8. The predicted molar refractivity (Wildman–Crippen MR) is 115 cm³/mol. The van der Waals surface area contributed by atoms with Gasteiger partial charge in [-0.3, -0.25) is 9.69 Å². The summed E-state index contributed by atoms with van der Waals surface area (Å²) >= 11 is 1.50. The molecule has 3 rings (SSSR count). The summed E-state index contributed by atoms with van der Waals surface area (Å²) < 4.78 is 0. The van der Waals surface area contributed by atoms with Crippen LogP contribution in [0.5, 0.6) is 0 Å². The van der Waals surface area contributed by atoms with Gasteiger partial charge in [0.05, 0.1) is 11.3 Å². The molecule has 1 amide bonds. The van der Waals surface area contributed by atoms with Gasteiger partial charge in [0.1, 0.15) is 10.9 Å². The number of amides is 1. The summed E-state index contributed by atoms with van der Waals surface area (Å²) in [6.07, 6.45) is 3.02. The highest BCUT2D eigenvalue weighted by Gasteiger charge is 2.23. The van der Waals surface area contributed by atoms with Gasteiger partial charge in [0.25, 0.3) is 5.91 Å². The number of aromatic nitrogens is 2. The number of carbonyl (C=O) groups excluding carboxylic acids is 1. The number of fused-ring (bicyclic) bond motifs is 1. The molecule has 6 heteroatoms. The molecule has 5 nitrogen and oxygen atoms in total. The second-order valence-electron chi connectivity index (χ2n) is 7.75. The van der Waals surface area contributed by atoms with Gasteiger partial charge in [-0.1, -0.05) is 38.1 Å². The molecule has 1 N–H and O–H groups in total. The highest BCUT2D eigenvalue weighted by molar-refractivity contribution is 7.98. The third-order valence-corrected chi connectivity index (χ3v) is 6.03. The molecule has 1 unspecified atom stereocenters. The molecule has 0 radical (unpaired) electrons. The fourth-order valence-electron chi connectivity index (χ4n) is 3.59. The minimum absolute atomic E-state index is 0.0820. The Hall–Kier alpha value is -1.92. The Kier molecular flexibility index (Phi) is 6.73. The van der Waals surface area contributed by atoms with Gasteiger partial charge in [-0.05, 0) is 37.7 Å². The topological polar surface area (TPSA) is 58.1 Å². The second-order valence-corrected chi connectivity index (χ2v) is 8.55. The predicted octanol–water partition coefficient (Wildman–Crippen LogP) is 3.81. The molecule has 0 spiro atoms. The molecule has 0 aliphatic carbocycles. The largest absolute Gasteiger partial charge is 0.350 e. The summed E-state index contributed by atoms with van der Waals surface area (Å²) in [6, 6.07) is 8.89. The van der Waals surface area contributed by atoms with E-state index < -0.39 is 0 Å². The molecular formula is C22H30N4OS. The van der Waals surface area contributed by atoms with Crippen molar-refractivity contribution in [2.45, 2.75) is 57.6 Å². The van der Waals surface area contributed by atoms with Gasteiger partial charge in [-0.25, -0.2) is 9.97 Å². The first-order valence-electron chi connectivity index (χ1n) is 9.92. The molecule has 0 bridgehead atoms. The Labute approximate surface area is 172 Å². The van der Waals surface area contributed by atoms with Crippen LogP contribution in [-0.4, -0.2) is 46.2 Å². The van der Waals surface area contributed by atoms with Crippen LogP contribution in [0, 0.1) is 6.92 Å². The van der Waals surface area contributed by atoms with E-state index in [1.165, 1.54) is 22.9 Å². The molecule has 1 aromatic heterocycles. The summed E-state index contributed by atoms with van der Waals surface area (Å²) in [5, 5.41) is 3.87. The van der Waals surface area contributed by atoms with Gasteiger partial charge in [0, 0.05) is 31.6 Å².